The van der Waals surface area contributed by atoms with Gasteiger partial charge < -0.3 is 0 Å². The summed E-state index contributed by atoms with van der Waals surface area (Å²) in [6.07, 6.45) is 5.58. The average Bonchev–Trinajstić information content (AvgIpc) is 2.42. The van der Waals surface area contributed by atoms with Crippen LogP contribution in [-0.2, 0) is 0 Å². The Morgan fingerprint density at radius 3 is 2.17 bits per heavy atom. The van der Waals surface area contributed by atoms with Gasteiger partial charge in [0, 0.05) is 12.1 Å². The van der Waals surface area contributed by atoms with Gasteiger partial charge in [0.1, 0.15) is 0 Å². The van der Waals surface area contributed by atoms with E-state index in [1.165, 1.54) is 32.2 Å². The summed E-state index contributed by atoms with van der Waals surface area (Å²) in [4.78, 5) is 2.44. The van der Waals surface area contributed by atoms with Crippen LogP contribution in [0.25, 0.3) is 0 Å². The zero-order chi connectivity index (χ0) is 8.82. The van der Waals surface area contributed by atoms with Crippen LogP contribution in [0.5, 0.6) is 0 Å². The quantitative estimate of drug-likeness (QED) is 0.590. The summed E-state index contributed by atoms with van der Waals surface area (Å²) in [5.74, 6) is 0. The maximum absolute atomic E-state index is 3.78. The summed E-state index contributed by atoms with van der Waals surface area (Å²) in [5, 5.41) is 3.78. The molecule has 1 N–H and O–H groups in total. The lowest BCUT2D eigenvalue weighted by molar-refractivity contribution is 0.196. The fraction of sp³-hybridized carbons (Fsp3) is 1.00. The van der Waals surface area contributed by atoms with Gasteiger partial charge in [-0.1, -0.05) is 12.8 Å². The van der Waals surface area contributed by atoms with Gasteiger partial charge in [0.05, 0.1) is 5.66 Å². The molecule has 0 aromatic heterocycles. The zero-order valence-electron chi connectivity index (χ0n) is 8.48. The lowest BCUT2D eigenvalue weighted by atomic mass is 9.99. The molecule has 0 aromatic carbocycles. The Kier molecular flexibility index (Phi) is 1.74. The normalized spacial score (nSPS) is 33.2. The Morgan fingerprint density at radius 1 is 1.17 bits per heavy atom. The molecule has 1 aliphatic carbocycles. The standard InChI is InChI=1S/C10H20N2/c1-9(2)11-10(8-12(9)3)6-4-5-7-10/h11H,4-8H2,1-3H3. The molecule has 0 amide bonds. The molecular weight excluding hydrogens is 148 g/mol. The molecule has 0 radical (unpaired) electrons. The monoisotopic (exact) mass is 168 g/mol. The van der Waals surface area contributed by atoms with Gasteiger partial charge in [-0.25, -0.2) is 0 Å². The van der Waals surface area contributed by atoms with Crippen molar-refractivity contribution < 1.29 is 0 Å². The van der Waals surface area contributed by atoms with Gasteiger partial charge in [-0.05, 0) is 33.7 Å². The number of nitrogens with one attached hydrogen (secondary N) is 1. The van der Waals surface area contributed by atoms with Gasteiger partial charge >= 0.3 is 0 Å². The van der Waals surface area contributed by atoms with Crippen LogP contribution in [0.4, 0.5) is 0 Å². The van der Waals surface area contributed by atoms with Crippen molar-refractivity contribution in [2.45, 2.75) is 50.7 Å². The first-order valence-corrected chi connectivity index (χ1v) is 5.05. The fourth-order valence-corrected chi connectivity index (χ4v) is 2.77. The number of hydrogen-bond acceptors (Lipinski definition) is 2. The van der Waals surface area contributed by atoms with E-state index in [-0.39, 0.29) is 5.66 Å². The van der Waals surface area contributed by atoms with Crippen LogP contribution in [0.2, 0.25) is 0 Å². The second-order valence-electron chi connectivity index (χ2n) is 5.03. The third-order valence-electron chi connectivity index (χ3n) is 3.63. The molecule has 2 heteroatoms. The highest BCUT2D eigenvalue weighted by molar-refractivity contribution is 5.05. The molecular formula is C10H20N2. The predicted octanol–water partition coefficient (Wildman–Crippen LogP) is 1.57. The fourth-order valence-electron chi connectivity index (χ4n) is 2.77. The second-order valence-corrected chi connectivity index (χ2v) is 5.03. The Labute approximate surface area is 75.3 Å². The van der Waals surface area contributed by atoms with Crippen LogP contribution in [0, 0.1) is 0 Å². The van der Waals surface area contributed by atoms with Gasteiger partial charge in [-0.2, -0.15) is 0 Å². The largest absolute Gasteiger partial charge is 0.293 e. The van der Waals surface area contributed by atoms with Crippen molar-refractivity contribution in [3.8, 4) is 0 Å². The van der Waals surface area contributed by atoms with Crippen LogP contribution in [0.3, 0.4) is 0 Å². The van der Waals surface area contributed by atoms with Gasteiger partial charge in [0.15, 0.2) is 0 Å². The second kappa shape index (κ2) is 2.46. The van der Waals surface area contributed by atoms with Crippen molar-refractivity contribution in [3.63, 3.8) is 0 Å². The number of likely N-dealkylation sites (N-methyl/N-ethyl adjacent to an activating group) is 1. The molecule has 2 rings (SSSR count). The summed E-state index contributed by atoms with van der Waals surface area (Å²) in [6.45, 7) is 5.79. The average molecular weight is 168 g/mol. The van der Waals surface area contributed by atoms with Crippen molar-refractivity contribution in [1.29, 1.82) is 0 Å². The highest BCUT2D eigenvalue weighted by Gasteiger charge is 2.46. The summed E-state index contributed by atoms with van der Waals surface area (Å²) in [5.41, 5.74) is 0.683. The topological polar surface area (TPSA) is 15.3 Å². The van der Waals surface area contributed by atoms with Crippen LogP contribution in [-0.4, -0.2) is 29.7 Å². The molecule has 0 aromatic rings. The molecule has 70 valence electrons. The van der Waals surface area contributed by atoms with E-state index in [9.17, 15) is 0 Å². The summed E-state index contributed by atoms with van der Waals surface area (Å²) < 4.78 is 0. The van der Waals surface area contributed by atoms with Crippen LogP contribution in [0.15, 0.2) is 0 Å². The summed E-state index contributed by atoms with van der Waals surface area (Å²) in [7, 11) is 2.22. The minimum absolute atomic E-state index is 0.213. The van der Waals surface area contributed by atoms with E-state index in [4.69, 9.17) is 0 Å². The smallest absolute Gasteiger partial charge is 0.0657 e. The molecule has 1 saturated heterocycles. The molecule has 2 aliphatic rings. The number of rotatable bonds is 0. The molecule has 1 heterocycles. The molecule has 0 unspecified atom stereocenters. The molecule has 1 saturated carbocycles. The third-order valence-corrected chi connectivity index (χ3v) is 3.63. The molecule has 1 aliphatic heterocycles. The van der Waals surface area contributed by atoms with E-state index in [0.717, 1.165) is 0 Å². The first kappa shape index (κ1) is 8.52. The lowest BCUT2D eigenvalue weighted by Crippen LogP contribution is -2.48. The van der Waals surface area contributed by atoms with Gasteiger partial charge in [-0.3, -0.25) is 10.2 Å². The predicted molar refractivity (Wildman–Crippen MR) is 51.0 cm³/mol. The van der Waals surface area contributed by atoms with Crippen molar-refractivity contribution in [2.75, 3.05) is 13.6 Å². The van der Waals surface area contributed by atoms with Gasteiger partial charge in [0.25, 0.3) is 0 Å². The van der Waals surface area contributed by atoms with E-state index >= 15 is 0 Å². The van der Waals surface area contributed by atoms with Crippen molar-refractivity contribution in [2.24, 2.45) is 0 Å². The van der Waals surface area contributed by atoms with E-state index in [1.54, 1.807) is 0 Å². The van der Waals surface area contributed by atoms with Crippen LogP contribution in [0.1, 0.15) is 39.5 Å². The van der Waals surface area contributed by atoms with Crippen molar-refractivity contribution in [1.82, 2.24) is 10.2 Å². The third kappa shape index (κ3) is 1.17. The molecule has 12 heavy (non-hydrogen) atoms. The van der Waals surface area contributed by atoms with E-state index in [0.29, 0.717) is 5.54 Å². The van der Waals surface area contributed by atoms with Crippen molar-refractivity contribution in [3.05, 3.63) is 0 Å². The molecule has 0 bridgehead atoms. The van der Waals surface area contributed by atoms with Gasteiger partial charge in [-0.15, -0.1) is 0 Å². The first-order valence-electron chi connectivity index (χ1n) is 5.05. The first-order chi connectivity index (χ1) is 5.54. The number of nitrogens with zero attached hydrogens (tertiary/aromatic N) is 1. The Balaban J connectivity index is 2.14. The Bertz CT molecular complexity index is 180. The highest BCUT2D eigenvalue weighted by Crippen LogP contribution is 2.37. The molecule has 2 fully saturated rings. The van der Waals surface area contributed by atoms with Gasteiger partial charge in [0.2, 0.25) is 0 Å². The van der Waals surface area contributed by atoms with Crippen LogP contribution < -0.4 is 5.32 Å². The molecule has 0 atom stereocenters. The van der Waals surface area contributed by atoms with E-state index in [1.807, 2.05) is 0 Å². The van der Waals surface area contributed by atoms with Crippen molar-refractivity contribution >= 4 is 0 Å². The Hall–Kier alpha value is -0.0800. The SMILES string of the molecule is CN1CC2(CCCC2)NC1(C)C. The minimum atomic E-state index is 0.213. The van der Waals surface area contributed by atoms with E-state index in [2.05, 4.69) is 31.1 Å². The zero-order valence-corrected chi connectivity index (χ0v) is 8.48. The Morgan fingerprint density at radius 2 is 1.75 bits per heavy atom. The lowest BCUT2D eigenvalue weighted by Gasteiger charge is -2.28. The molecule has 1 spiro atoms. The van der Waals surface area contributed by atoms with E-state index < -0.39 is 0 Å². The minimum Gasteiger partial charge on any atom is -0.293 e. The van der Waals surface area contributed by atoms with Crippen LogP contribution >= 0.6 is 0 Å². The highest BCUT2D eigenvalue weighted by atomic mass is 15.4. The summed E-state index contributed by atoms with van der Waals surface area (Å²) in [6, 6.07) is 0. The molecule has 2 nitrogen and oxygen atoms in total. The maximum Gasteiger partial charge on any atom is 0.0657 e. The maximum atomic E-state index is 3.78. The summed E-state index contributed by atoms with van der Waals surface area (Å²) >= 11 is 0. The number of hydrogen-bond donors (Lipinski definition) is 1.